The number of hydrogen-bond acceptors (Lipinski definition) is 3. The number of hydrogen-bond donors (Lipinski definition) is 0. The molecule has 0 saturated heterocycles. The zero-order valence-corrected chi connectivity index (χ0v) is 11.0. The Morgan fingerprint density at radius 1 is 1.17 bits per heavy atom. The van der Waals surface area contributed by atoms with Crippen LogP contribution >= 0.6 is 11.8 Å². The van der Waals surface area contributed by atoms with Gasteiger partial charge in [-0.3, -0.25) is 4.79 Å². The van der Waals surface area contributed by atoms with Gasteiger partial charge < -0.3 is 9.30 Å². The van der Waals surface area contributed by atoms with Crippen molar-refractivity contribution in [3.63, 3.8) is 0 Å². The van der Waals surface area contributed by atoms with Gasteiger partial charge in [0.25, 0.3) is 5.56 Å². The first-order valence-corrected chi connectivity index (χ1v) is 6.94. The van der Waals surface area contributed by atoms with E-state index < -0.39 is 0 Å². The van der Waals surface area contributed by atoms with Crippen LogP contribution in [0.15, 0.2) is 58.4 Å². The van der Waals surface area contributed by atoms with E-state index in [-0.39, 0.29) is 5.56 Å². The summed E-state index contributed by atoms with van der Waals surface area (Å²) < 4.78 is 7.23. The van der Waals surface area contributed by atoms with Crippen molar-refractivity contribution in [1.29, 1.82) is 0 Å². The van der Waals surface area contributed by atoms with E-state index in [0.717, 1.165) is 5.75 Å². The molecule has 0 radical (unpaired) electrons. The first kappa shape index (κ1) is 12.8. The summed E-state index contributed by atoms with van der Waals surface area (Å²) in [5.41, 5.74) is -0.00108. The Morgan fingerprint density at radius 3 is 2.61 bits per heavy atom. The third-order valence-corrected chi connectivity index (χ3v) is 3.30. The lowest BCUT2D eigenvalue weighted by molar-refractivity contribution is 0.296. The van der Waals surface area contributed by atoms with Gasteiger partial charge in [0, 0.05) is 17.2 Å². The van der Waals surface area contributed by atoms with E-state index in [2.05, 4.69) is 0 Å². The first-order valence-electron chi connectivity index (χ1n) is 5.72. The Hall–Kier alpha value is -1.68. The Morgan fingerprint density at radius 2 is 1.94 bits per heavy atom. The largest absolute Gasteiger partial charge is 0.492 e. The summed E-state index contributed by atoms with van der Waals surface area (Å²) in [4.78, 5) is 12.7. The van der Waals surface area contributed by atoms with Crippen molar-refractivity contribution in [3.05, 3.63) is 59.0 Å². The van der Waals surface area contributed by atoms with Gasteiger partial charge in [-0.25, -0.2) is 0 Å². The van der Waals surface area contributed by atoms with Crippen molar-refractivity contribution in [2.75, 3.05) is 12.9 Å². The second-order valence-electron chi connectivity index (χ2n) is 3.76. The normalized spacial score (nSPS) is 10.3. The Kier molecular flexibility index (Phi) is 4.47. The van der Waals surface area contributed by atoms with Gasteiger partial charge in [0.1, 0.15) is 12.4 Å². The molecule has 1 heterocycles. The van der Waals surface area contributed by atoms with E-state index in [9.17, 15) is 4.79 Å². The number of rotatable bonds is 5. The average molecular weight is 261 g/mol. The molecule has 0 aliphatic carbocycles. The van der Waals surface area contributed by atoms with Crippen LogP contribution in [0.25, 0.3) is 0 Å². The minimum atomic E-state index is -0.00108. The minimum Gasteiger partial charge on any atom is -0.492 e. The van der Waals surface area contributed by atoms with Gasteiger partial charge in [-0.15, -0.1) is 11.8 Å². The van der Waals surface area contributed by atoms with Crippen molar-refractivity contribution >= 4 is 11.8 Å². The molecule has 0 aliphatic rings. The predicted octanol–water partition coefficient (Wildman–Crippen LogP) is 2.65. The van der Waals surface area contributed by atoms with E-state index in [1.807, 2.05) is 36.6 Å². The summed E-state index contributed by atoms with van der Waals surface area (Å²) in [7, 11) is 0. The number of thioether (sulfide) groups is 1. The Labute approximate surface area is 110 Å². The number of pyridine rings is 1. The fourth-order valence-electron chi connectivity index (χ4n) is 1.58. The molecule has 18 heavy (non-hydrogen) atoms. The molecular formula is C14H15NO2S. The van der Waals surface area contributed by atoms with Crippen LogP contribution in [-0.2, 0) is 6.54 Å². The maximum Gasteiger partial charge on any atom is 0.250 e. The van der Waals surface area contributed by atoms with Crippen molar-refractivity contribution < 1.29 is 4.74 Å². The monoisotopic (exact) mass is 261 g/mol. The molecule has 4 heteroatoms. The fourth-order valence-corrected chi connectivity index (χ4v) is 1.99. The lowest BCUT2D eigenvalue weighted by Gasteiger charge is -2.08. The maximum atomic E-state index is 11.4. The van der Waals surface area contributed by atoms with E-state index in [0.29, 0.717) is 13.2 Å². The summed E-state index contributed by atoms with van der Waals surface area (Å²) in [6, 6.07) is 13.1. The fraction of sp³-hybridized carbons (Fsp3) is 0.214. The standard InChI is InChI=1S/C14H15NO2S/c1-18-13-7-5-12(6-8-13)17-11-10-15-9-3-2-4-14(15)16/h2-9H,10-11H2,1H3. The summed E-state index contributed by atoms with van der Waals surface area (Å²) >= 11 is 1.70. The highest BCUT2D eigenvalue weighted by molar-refractivity contribution is 7.98. The zero-order valence-electron chi connectivity index (χ0n) is 10.2. The molecule has 3 nitrogen and oxygen atoms in total. The van der Waals surface area contributed by atoms with Crippen LogP contribution in [0.4, 0.5) is 0 Å². The van der Waals surface area contributed by atoms with Crippen molar-refractivity contribution in [3.8, 4) is 5.75 Å². The molecule has 0 spiro atoms. The molecule has 0 unspecified atom stereocenters. The summed E-state index contributed by atoms with van der Waals surface area (Å²) in [6.45, 7) is 1.05. The quantitative estimate of drug-likeness (QED) is 0.775. The van der Waals surface area contributed by atoms with Crippen molar-refractivity contribution in [1.82, 2.24) is 4.57 Å². The molecule has 0 atom stereocenters. The van der Waals surface area contributed by atoms with Crippen molar-refractivity contribution in [2.24, 2.45) is 0 Å². The van der Waals surface area contributed by atoms with Gasteiger partial charge in [0.15, 0.2) is 0 Å². The van der Waals surface area contributed by atoms with Crippen LogP contribution in [0.2, 0.25) is 0 Å². The maximum absolute atomic E-state index is 11.4. The van der Waals surface area contributed by atoms with Crippen LogP contribution in [0.3, 0.4) is 0 Å². The smallest absolute Gasteiger partial charge is 0.250 e. The summed E-state index contributed by atoms with van der Waals surface area (Å²) in [6.07, 6.45) is 3.81. The molecular weight excluding hydrogens is 246 g/mol. The molecule has 0 N–H and O–H groups in total. The van der Waals surface area contributed by atoms with Crippen molar-refractivity contribution in [2.45, 2.75) is 11.4 Å². The highest BCUT2D eigenvalue weighted by atomic mass is 32.2. The molecule has 1 aromatic heterocycles. The van der Waals surface area contributed by atoms with Crippen LogP contribution in [-0.4, -0.2) is 17.4 Å². The second kappa shape index (κ2) is 6.31. The zero-order chi connectivity index (χ0) is 12.8. The number of benzene rings is 1. The number of aromatic nitrogens is 1. The van der Waals surface area contributed by atoms with E-state index >= 15 is 0 Å². The molecule has 0 saturated carbocycles. The molecule has 94 valence electrons. The lowest BCUT2D eigenvalue weighted by atomic mass is 10.3. The Balaban J connectivity index is 1.88. The number of nitrogens with zero attached hydrogens (tertiary/aromatic N) is 1. The number of ether oxygens (including phenoxy) is 1. The SMILES string of the molecule is CSc1ccc(OCCn2ccccc2=O)cc1. The summed E-state index contributed by atoms with van der Waals surface area (Å²) in [5.74, 6) is 0.830. The van der Waals surface area contributed by atoms with Gasteiger partial charge in [0.2, 0.25) is 0 Å². The second-order valence-corrected chi connectivity index (χ2v) is 4.64. The molecule has 0 amide bonds. The van der Waals surface area contributed by atoms with Crippen LogP contribution < -0.4 is 10.3 Å². The molecule has 2 rings (SSSR count). The molecule has 0 aliphatic heterocycles. The predicted molar refractivity (Wildman–Crippen MR) is 74.4 cm³/mol. The highest BCUT2D eigenvalue weighted by Gasteiger charge is 1.96. The van der Waals surface area contributed by atoms with E-state index in [1.165, 1.54) is 4.90 Å². The van der Waals surface area contributed by atoms with Gasteiger partial charge in [-0.05, 0) is 36.6 Å². The third-order valence-electron chi connectivity index (χ3n) is 2.56. The molecule has 2 aromatic rings. The summed E-state index contributed by atoms with van der Waals surface area (Å²) in [5, 5.41) is 0. The molecule has 0 bridgehead atoms. The topological polar surface area (TPSA) is 31.2 Å². The highest BCUT2D eigenvalue weighted by Crippen LogP contribution is 2.18. The van der Waals surface area contributed by atoms with Crippen LogP contribution in [0, 0.1) is 0 Å². The van der Waals surface area contributed by atoms with Gasteiger partial charge in [-0.1, -0.05) is 6.07 Å². The minimum absolute atomic E-state index is 0.00108. The average Bonchev–Trinajstić information content (AvgIpc) is 2.42. The van der Waals surface area contributed by atoms with E-state index in [1.54, 1.807) is 34.7 Å². The molecule has 1 aromatic carbocycles. The third kappa shape index (κ3) is 3.40. The lowest BCUT2D eigenvalue weighted by Crippen LogP contribution is -2.21. The van der Waals surface area contributed by atoms with Gasteiger partial charge in [0.05, 0.1) is 6.54 Å². The first-order chi connectivity index (χ1) is 8.79. The van der Waals surface area contributed by atoms with Crippen LogP contribution in [0.1, 0.15) is 0 Å². The van der Waals surface area contributed by atoms with Crippen LogP contribution in [0.5, 0.6) is 5.75 Å². The van der Waals surface area contributed by atoms with Gasteiger partial charge in [-0.2, -0.15) is 0 Å². The molecule has 0 fully saturated rings. The Bertz CT molecular complexity index is 548. The van der Waals surface area contributed by atoms with Gasteiger partial charge >= 0.3 is 0 Å². The van der Waals surface area contributed by atoms with E-state index in [4.69, 9.17) is 4.74 Å².